The molecule has 19 heavy (non-hydrogen) atoms. The van der Waals surface area contributed by atoms with Gasteiger partial charge in [0.1, 0.15) is 0 Å². The smallest absolute Gasteiger partial charge is 0.171 e. The lowest BCUT2D eigenvalue weighted by Crippen LogP contribution is -2.42. The van der Waals surface area contributed by atoms with Crippen molar-refractivity contribution in [2.75, 3.05) is 23.3 Å². The van der Waals surface area contributed by atoms with Gasteiger partial charge in [0.05, 0.1) is 0 Å². The Morgan fingerprint density at radius 1 is 1.21 bits per heavy atom. The predicted molar refractivity (Wildman–Crippen MR) is 87.0 cm³/mol. The van der Waals surface area contributed by atoms with E-state index in [1.807, 2.05) is 0 Å². The molecule has 0 atom stereocenters. The van der Waals surface area contributed by atoms with E-state index >= 15 is 0 Å². The van der Waals surface area contributed by atoms with Crippen molar-refractivity contribution in [3.8, 4) is 0 Å². The lowest BCUT2D eigenvalue weighted by molar-refractivity contribution is 0.515. The minimum atomic E-state index is -0.0172. The van der Waals surface area contributed by atoms with Crippen molar-refractivity contribution >= 4 is 28.7 Å². The Hall–Kier alpha value is -1.29. The van der Waals surface area contributed by atoms with Gasteiger partial charge in [-0.15, -0.1) is 0 Å². The summed E-state index contributed by atoms with van der Waals surface area (Å²) in [4.78, 5) is 2.42. The zero-order valence-electron chi connectivity index (χ0n) is 12.0. The van der Waals surface area contributed by atoms with Crippen LogP contribution in [0.3, 0.4) is 0 Å². The number of hydrogen-bond donors (Lipinski definition) is 2. The normalized spacial score (nSPS) is 15.4. The van der Waals surface area contributed by atoms with Gasteiger partial charge in [0.25, 0.3) is 0 Å². The first-order valence-corrected chi connectivity index (χ1v) is 7.29. The average molecular weight is 277 g/mol. The van der Waals surface area contributed by atoms with E-state index < -0.39 is 0 Å². The third-order valence-electron chi connectivity index (χ3n) is 3.06. The highest BCUT2D eigenvalue weighted by Crippen LogP contribution is 2.23. The van der Waals surface area contributed by atoms with Crippen molar-refractivity contribution in [2.24, 2.45) is 0 Å². The molecule has 0 saturated carbocycles. The first kappa shape index (κ1) is 14.1. The Bertz CT molecular complexity index is 445. The minimum Gasteiger partial charge on any atom is -0.371 e. The molecular formula is C15H23N3S. The Labute approximate surface area is 121 Å². The molecule has 0 amide bonds. The number of thiocarbonyl (C=S) groups is 1. The SMILES string of the molecule is CC(C)(C)NC(=S)Nc1cccc(N2CCCC2)c1. The molecule has 104 valence electrons. The van der Waals surface area contributed by atoms with Crippen LogP contribution in [-0.4, -0.2) is 23.7 Å². The maximum absolute atomic E-state index is 5.33. The molecule has 0 aromatic heterocycles. The van der Waals surface area contributed by atoms with Gasteiger partial charge in [-0.1, -0.05) is 6.07 Å². The van der Waals surface area contributed by atoms with Crippen molar-refractivity contribution in [1.82, 2.24) is 5.32 Å². The lowest BCUT2D eigenvalue weighted by Gasteiger charge is -2.24. The second kappa shape index (κ2) is 5.78. The molecule has 0 spiro atoms. The fourth-order valence-corrected chi connectivity index (χ4v) is 2.68. The van der Waals surface area contributed by atoms with E-state index in [1.54, 1.807) is 0 Å². The average Bonchev–Trinajstić information content (AvgIpc) is 2.79. The first-order chi connectivity index (χ1) is 8.94. The van der Waals surface area contributed by atoms with Crippen molar-refractivity contribution in [3.05, 3.63) is 24.3 Å². The molecule has 0 aliphatic carbocycles. The van der Waals surface area contributed by atoms with Crippen molar-refractivity contribution in [1.29, 1.82) is 0 Å². The van der Waals surface area contributed by atoms with Crippen LogP contribution in [0.2, 0.25) is 0 Å². The summed E-state index contributed by atoms with van der Waals surface area (Å²) in [7, 11) is 0. The Morgan fingerprint density at radius 3 is 2.53 bits per heavy atom. The van der Waals surface area contributed by atoms with Gasteiger partial charge in [-0.05, 0) is 64.0 Å². The molecule has 4 heteroatoms. The number of nitrogens with one attached hydrogen (secondary N) is 2. The van der Waals surface area contributed by atoms with Crippen LogP contribution >= 0.6 is 12.2 Å². The van der Waals surface area contributed by atoms with Gasteiger partial charge in [0.2, 0.25) is 0 Å². The fourth-order valence-electron chi connectivity index (χ4n) is 2.26. The summed E-state index contributed by atoms with van der Waals surface area (Å²) < 4.78 is 0. The zero-order valence-corrected chi connectivity index (χ0v) is 12.8. The Kier molecular flexibility index (Phi) is 4.30. The van der Waals surface area contributed by atoms with E-state index in [0.29, 0.717) is 5.11 Å². The third-order valence-corrected chi connectivity index (χ3v) is 3.27. The topological polar surface area (TPSA) is 27.3 Å². The highest BCUT2D eigenvalue weighted by Gasteiger charge is 2.13. The van der Waals surface area contributed by atoms with Crippen LogP contribution in [0, 0.1) is 0 Å². The van der Waals surface area contributed by atoms with Gasteiger partial charge in [-0.2, -0.15) is 0 Å². The Morgan fingerprint density at radius 2 is 1.89 bits per heavy atom. The summed E-state index contributed by atoms with van der Waals surface area (Å²) in [6.07, 6.45) is 2.59. The zero-order chi connectivity index (χ0) is 13.9. The molecule has 0 radical (unpaired) electrons. The quantitative estimate of drug-likeness (QED) is 0.811. The molecule has 0 unspecified atom stereocenters. The fraction of sp³-hybridized carbons (Fsp3) is 0.533. The molecule has 1 aromatic rings. The molecule has 1 heterocycles. The van der Waals surface area contributed by atoms with Gasteiger partial charge in [0.15, 0.2) is 5.11 Å². The second-order valence-electron chi connectivity index (χ2n) is 6.07. The van der Waals surface area contributed by atoms with Gasteiger partial charge in [-0.25, -0.2) is 0 Å². The van der Waals surface area contributed by atoms with Crippen molar-refractivity contribution < 1.29 is 0 Å². The molecule has 1 aliphatic heterocycles. The van der Waals surface area contributed by atoms with Crippen LogP contribution in [0.25, 0.3) is 0 Å². The van der Waals surface area contributed by atoms with Crippen LogP contribution in [0.4, 0.5) is 11.4 Å². The number of anilines is 2. The molecular weight excluding hydrogens is 254 g/mol. The third kappa shape index (κ3) is 4.39. The van der Waals surface area contributed by atoms with E-state index in [-0.39, 0.29) is 5.54 Å². The lowest BCUT2D eigenvalue weighted by atomic mass is 10.1. The van der Waals surface area contributed by atoms with E-state index in [2.05, 4.69) is 60.6 Å². The van der Waals surface area contributed by atoms with E-state index in [0.717, 1.165) is 18.8 Å². The van der Waals surface area contributed by atoms with Crippen molar-refractivity contribution in [3.63, 3.8) is 0 Å². The maximum atomic E-state index is 5.33. The number of nitrogens with zero attached hydrogens (tertiary/aromatic N) is 1. The summed E-state index contributed by atoms with van der Waals surface area (Å²) in [6, 6.07) is 8.46. The molecule has 0 bridgehead atoms. The highest BCUT2D eigenvalue weighted by atomic mass is 32.1. The highest BCUT2D eigenvalue weighted by molar-refractivity contribution is 7.80. The summed E-state index contributed by atoms with van der Waals surface area (Å²) >= 11 is 5.33. The maximum Gasteiger partial charge on any atom is 0.171 e. The molecule has 2 rings (SSSR count). The summed E-state index contributed by atoms with van der Waals surface area (Å²) in [5, 5.41) is 7.19. The van der Waals surface area contributed by atoms with Crippen LogP contribution in [0.1, 0.15) is 33.6 Å². The van der Waals surface area contributed by atoms with E-state index in [9.17, 15) is 0 Å². The molecule has 3 nitrogen and oxygen atoms in total. The monoisotopic (exact) mass is 277 g/mol. The second-order valence-corrected chi connectivity index (χ2v) is 6.48. The van der Waals surface area contributed by atoms with Gasteiger partial charge in [0, 0.05) is 30.0 Å². The van der Waals surface area contributed by atoms with E-state index in [1.165, 1.54) is 18.5 Å². The summed E-state index contributed by atoms with van der Waals surface area (Å²) in [5.74, 6) is 0. The van der Waals surface area contributed by atoms with Crippen LogP contribution in [-0.2, 0) is 0 Å². The van der Waals surface area contributed by atoms with Gasteiger partial charge >= 0.3 is 0 Å². The van der Waals surface area contributed by atoms with Crippen LogP contribution in [0.5, 0.6) is 0 Å². The molecule has 1 saturated heterocycles. The standard InChI is InChI=1S/C15H23N3S/c1-15(2,3)17-14(19)16-12-7-6-8-13(11-12)18-9-4-5-10-18/h6-8,11H,4-5,9-10H2,1-3H3,(H2,16,17,19). The van der Waals surface area contributed by atoms with Crippen LogP contribution < -0.4 is 15.5 Å². The Balaban J connectivity index is 2.00. The molecule has 1 aromatic carbocycles. The van der Waals surface area contributed by atoms with E-state index in [4.69, 9.17) is 12.2 Å². The number of benzene rings is 1. The number of hydrogen-bond acceptors (Lipinski definition) is 2. The largest absolute Gasteiger partial charge is 0.371 e. The van der Waals surface area contributed by atoms with Gasteiger partial charge < -0.3 is 15.5 Å². The predicted octanol–water partition coefficient (Wildman–Crippen LogP) is 3.37. The van der Waals surface area contributed by atoms with Crippen molar-refractivity contribution in [2.45, 2.75) is 39.2 Å². The summed E-state index contributed by atoms with van der Waals surface area (Å²) in [5.41, 5.74) is 2.31. The molecule has 2 N–H and O–H groups in total. The first-order valence-electron chi connectivity index (χ1n) is 6.88. The van der Waals surface area contributed by atoms with Gasteiger partial charge in [-0.3, -0.25) is 0 Å². The summed E-state index contributed by atoms with van der Waals surface area (Å²) in [6.45, 7) is 8.62. The number of rotatable bonds is 2. The molecule has 1 fully saturated rings. The van der Waals surface area contributed by atoms with Crippen LogP contribution in [0.15, 0.2) is 24.3 Å². The molecule has 1 aliphatic rings. The minimum absolute atomic E-state index is 0.0172.